The molecular formula is C15H20BrNO2. The molecule has 3 rings (SSSR count). The number of nitrogens with one attached hydrogen (secondary N) is 1. The van der Waals surface area contributed by atoms with E-state index in [0.717, 1.165) is 12.3 Å². The Balaban J connectivity index is 1.77. The Kier molecular flexibility index (Phi) is 2.86. The van der Waals surface area contributed by atoms with E-state index in [4.69, 9.17) is 4.42 Å². The maximum absolute atomic E-state index is 12.2. The van der Waals surface area contributed by atoms with Gasteiger partial charge < -0.3 is 9.73 Å². The fraction of sp³-hybridized carbons (Fsp3) is 0.667. The summed E-state index contributed by atoms with van der Waals surface area (Å²) in [4.78, 5) is 12.2. The minimum Gasteiger partial charge on any atom is -0.444 e. The van der Waals surface area contributed by atoms with Crippen LogP contribution in [0.3, 0.4) is 0 Å². The van der Waals surface area contributed by atoms with Gasteiger partial charge in [-0.15, -0.1) is 0 Å². The van der Waals surface area contributed by atoms with Gasteiger partial charge in [0.1, 0.15) is 0 Å². The van der Waals surface area contributed by atoms with Crippen molar-refractivity contribution in [1.29, 1.82) is 0 Å². The molecule has 0 aromatic carbocycles. The number of rotatable bonds is 2. The highest BCUT2D eigenvalue weighted by Crippen LogP contribution is 2.65. The maximum Gasteiger partial charge on any atom is 0.287 e. The average molecular weight is 326 g/mol. The van der Waals surface area contributed by atoms with Crippen molar-refractivity contribution in [3.05, 3.63) is 22.6 Å². The van der Waals surface area contributed by atoms with Crippen LogP contribution in [0.1, 0.15) is 50.6 Å². The van der Waals surface area contributed by atoms with Crippen LogP contribution in [0.5, 0.6) is 0 Å². The van der Waals surface area contributed by atoms with Crippen LogP contribution in [0.15, 0.2) is 21.2 Å². The normalized spacial score (nSPS) is 35.6. The number of carbonyl (C=O) groups excluding carboxylic acids is 1. The highest BCUT2D eigenvalue weighted by molar-refractivity contribution is 9.10. The summed E-state index contributed by atoms with van der Waals surface area (Å²) in [6.45, 7) is 7.02. The minimum atomic E-state index is -0.0970. The van der Waals surface area contributed by atoms with Crippen LogP contribution in [0.25, 0.3) is 0 Å². The van der Waals surface area contributed by atoms with E-state index in [1.807, 2.05) is 0 Å². The molecule has 0 unspecified atom stereocenters. The lowest BCUT2D eigenvalue weighted by Crippen LogP contribution is -2.46. The molecule has 2 aliphatic rings. The summed E-state index contributed by atoms with van der Waals surface area (Å²) in [7, 11) is 0. The number of fused-ring (bicyclic) bond motifs is 2. The van der Waals surface area contributed by atoms with E-state index >= 15 is 0 Å². The van der Waals surface area contributed by atoms with Crippen molar-refractivity contribution >= 4 is 21.8 Å². The molecule has 1 aromatic heterocycles. The van der Waals surface area contributed by atoms with Crippen LogP contribution in [-0.4, -0.2) is 11.9 Å². The van der Waals surface area contributed by atoms with Gasteiger partial charge in [-0.05, 0) is 64.1 Å². The van der Waals surface area contributed by atoms with Gasteiger partial charge in [-0.2, -0.15) is 0 Å². The van der Waals surface area contributed by atoms with Gasteiger partial charge >= 0.3 is 0 Å². The van der Waals surface area contributed by atoms with Crippen LogP contribution in [0, 0.1) is 16.7 Å². The van der Waals surface area contributed by atoms with Gasteiger partial charge in [0.15, 0.2) is 10.4 Å². The third-order valence-electron chi connectivity index (χ3n) is 5.90. The van der Waals surface area contributed by atoms with Gasteiger partial charge in [0.05, 0.1) is 0 Å². The standard InChI is InChI=1S/C15H20BrNO2/c1-14(2)9-6-7-15(14,3)11(8-9)17-13(18)10-4-5-12(16)19-10/h4-5,9,11H,6-8H2,1-3H3,(H,17,18)/t9-,11-,15+/m0/s1. The first-order valence-corrected chi connectivity index (χ1v) is 7.70. The second kappa shape index (κ2) is 4.11. The van der Waals surface area contributed by atoms with Crippen LogP contribution in [0.2, 0.25) is 0 Å². The summed E-state index contributed by atoms with van der Waals surface area (Å²) >= 11 is 3.23. The fourth-order valence-corrected chi connectivity index (χ4v) is 4.39. The largest absolute Gasteiger partial charge is 0.444 e. The van der Waals surface area contributed by atoms with Crippen molar-refractivity contribution in [2.45, 2.75) is 46.1 Å². The zero-order chi connectivity index (χ0) is 13.8. The lowest BCUT2D eigenvalue weighted by atomic mass is 9.69. The van der Waals surface area contributed by atoms with Crippen molar-refractivity contribution in [3.63, 3.8) is 0 Å². The lowest BCUT2D eigenvalue weighted by Gasteiger charge is -2.39. The molecule has 0 saturated heterocycles. The molecule has 19 heavy (non-hydrogen) atoms. The molecule has 1 amide bonds. The summed E-state index contributed by atoms with van der Waals surface area (Å²) in [5.74, 6) is 1.02. The molecule has 1 heterocycles. The fourth-order valence-electron chi connectivity index (χ4n) is 4.09. The third-order valence-corrected chi connectivity index (χ3v) is 6.32. The summed E-state index contributed by atoms with van der Waals surface area (Å²) < 4.78 is 5.92. The number of carbonyl (C=O) groups is 1. The monoisotopic (exact) mass is 325 g/mol. The molecular weight excluding hydrogens is 306 g/mol. The van der Waals surface area contributed by atoms with Gasteiger partial charge in [-0.1, -0.05) is 20.8 Å². The summed E-state index contributed by atoms with van der Waals surface area (Å²) in [6.07, 6.45) is 3.59. The lowest BCUT2D eigenvalue weighted by molar-refractivity contribution is 0.0800. The topological polar surface area (TPSA) is 42.2 Å². The van der Waals surface area contributed by atoms with E-state index in [1.165, 1.54) is 12.8 Å². The quantitative estimate of drug-likeness (QED) is 0.893. The summed E-state index contributed by atoms with van der Waals surface area (Å²) in [5.41, 5.74) is 0.520. The first-order chi connectivity index (χ1) is 8.84. The van der Waals surface area contributed by atoms with E-state index in [-0.39, 0.29) is 17.4 Å². The molecule has 2 aliphatic carbocycles. The highest BCUT2D eigenvalue weighted by atomic mass is 79.9. The van der Waals surface area contributed by atoms with Crippen LogP contribution in [-0.2, 0) is 0 Å². The van der Waals surface area contributed by atoms with Gasteiger partial charge in [-0.25, -0.2) is 0 Å². The zero-order valence-corrected chi connectivity index (χ0v) is 13.2. The Morgan fingerprint density at radius 3 is 2.63 bits per heavy atom. The first kappa shape index (κ1) is 13.2. The van der Waals surface area contributed by atoms with Crippen LogP contribution < -0.4 is 5.32 Å². The zero-order valence-electron chi connectivity index (χ0n) is 11.6. The van der Waals surface area contributed by atoms with Crippen LogP contribution >= 0.6 is 15.9 Å². The highest BCUT2D eigenvalue weighted by Gasteiger charge is 2.61. The molecule has 2 fully saturated rings. The van der Waals surface area contributed by atoms with Crippen LogP contribution in [0.4, 0.5) is 0 Å². The van der Waals surface area contributed by atoms with Crippen molar-refractivity contribution in [2.24, 2.45) is 16.7 Å². The Hall–Kier alpha value is -0.770. The molecule has 0 aliphatic heterocycles. The Morgan fingerprint density at radius 2 is 2.16 bits per heavy atom. The molecule has 2 saturated carbocycles. The third kappa shape index (κ3) is 1.79. The first-order valence-electron chi connectivity index (χ1n) is 6.91. The second-order valence-corrected chi connectivity index (χ2v) is 7.52. The molecule has 4 heteroatoms. The number of furan rings is 1. The smallest absolute Gasteiger partial charge is 0.287 e. The Bertz CT molecular complexity index is 522. The van der Waals surface area contributed by atoms with Gasteiger partial charge in [0.25, 0.3) is 5.91 Å². The summed E-state index contributed by atoms with van der Waals surface area (Å²) in [6, 6.07) is 3.72. The van der Waals surface area contributed by atoms with E-state index < -0.39 is 0 Å². The van der Waals surface area contributed by atoms with E-state index in [0.29, 0.717) is 15.8 Å². The van der Waals surface area contributed by atoms with Gasteiger partial charge in [0, 0.05) is 6.04 Å². The number of amides is 1. The molecule has 2 bridgehead atoms. The van der Waals surface area contributed by atoms with Crippen molar-refractivity contribution in [1.82, 2.24) is 5.32 Å². The number of halogens is 1. The van der Waals surface area contributed by atoms with E-state index in [2.05, 4.69) is 42.0 Å². The molecule has 0 radical (unpaired) electrons. The van der Waals surface area contributed by atoms with Gasteiger partial charge in [-0.3, -0.25) is 4.79 Å². The Morgan fingerprint density at radius 1 is 1.42 bits per heavy atom. The second-order valence-electron chi connectivity index (χ2n) is 6.74. The Labute approximate surface area is 122 Å². The predicted octanol–water partition coefficient (Wildman–Crippen LogP) is 3.99. The molecule has 1 N–H and O–H groups in total. The number of hydrogen-bond donors (Lipinski definition) is 1. The predicted molar refractivity (Wildman–Crippen MR) is 76.9 cm³/mol. The minimum absolute atomic E-state index is 0.0970. The summed E-state index contributed by atoms with van der Waals surface area (Å²) in [5, 5.41) is 3.18. The average Bonchev–Trinajstić information content (AvgIpc) is 2.91. The van der Waals surface area contributed by atoms with E-state index in [1.54, 1.807) is 12.1 Å². The molecule has 0 spiro atoms. The molecule has 1 aromatic rings. The molecule has 3 atom stereocenters. The number of hydrogen-bond acceptors (Lipinski definition) is 2. The molecule has 104 valence electrons. The maximum atomic E-state index is 12.2. The van der Waals surface area contributed by atoms with Crippen molar-refractivity contribution < 1.29 is 9.21 Å². The van der Waals surface area contributed by atoms with Gasteiger partial charge in [0.2, 0.25) is 0 Å². The SMILES string of the molecule is CC1(C)[C@H]2CC[C@]1(C)[C@@H](NC(=O)c1ccc(Br)o1)C2. The van der Waals surface area contributed by atoms with E-state index in [9.17, 15) is 4.79 Å². The van der Waals surface area contributed by atoms with Crippen molar-refractivity contribution in [3.8, 4) is 0 Å². The van der Waals surface area contributed by atoms with Crippen molar-refractivity contribution in [2.75, 3.05) is 0 Å². The molecule has 3 nitrogen and oxygen atoms in total.